The average Bonchev–Trinajstić information content (AvgIpc) is 2.16. The zero-order valence-corrected chi connectivity index (χ0v) is 8.41. The zero-order valence-electron chi connectivity index (χ0n) is 7.66. The van der Waals surface area contributed by atoms with Gasteiger partial charge in [-0.25, -0.2) is 0 Å². The predicted molar refractivity (Wildman–Crippen MR) is 56.6 cm³/mol. The van der Waals surface area contributed by atoms with Crippen LogP contribution in [-0.2, 0) is 4.79 Å². The van der Waals surface area contributed by atoms with Crippen molar-refractivity contribution in [2.24, 2.45) is 0 Å². The van der Waals surface area contributed by atoms with Crippen LogP contribution in [-0.4, -0.2) is 12.1 Å². The van der Waals surface area contributed by atoms with Gasteiger partial charge in [-0.05, 0) is 30.7 Å². The van der Waals surface area contributed by atoms with Crippen LogP contribution in [0.1, 0.15) is 22.8 Å². The Labute approximate surface area is 87.2 Å². The molecule has 1 aromatic rings. The Bertz CT molecular complexity index is 394. The van der Waals surface area contributed by atoms with Crippen molar-refractivity contribution in [3.05, 3.63) is 40.4 Å². The normalized spacial score (nSPS) is 10.4. The van der Waals surface area contributed by atoms with Crippen molar-refractivity contribution in [1.82, 2.24) is 0 Å². The molecule has 3 heteroatoms. The van der Waals surface area contributed by atoms with Gasteiger partial charge >= 0.3 is 0 Å². The molecule has 2 nitrogen and oxygen atoms in total. The van der Waals surface area contributed by atoms with Gasteiger partial charge in [0, 0.05) is 5.56 Å². The van der Waals surface area contributed by atoms with Gasteiger partial charge in [0.25, 0.3) is 0 Å². The topological polar surface area (TPSA) is 34.1 Å². The molecule has 0 N–H and O–H groups in total. The number of Topliss-reactive ketones (excluding diaryl/α,β-unsaturated/α-hetero) is 1. The molecule has 0 amide bonds. The molecule has 0 saturated heterocycles. The molecule has 14 heavy (non-hydrogen) atoms. The second-order valence-corrected chi connectivity index (χ2v) is 3.20. The molecular weight excluding hydrogens is 200 g/mol. The summed E-state index contributed by atoms with van der Waals surface area (Å²) >= 11 is 5.81. The van der Waals surface area contributed by atoms with Gasteiger partial charge in [0.1, 0.15) is 6.29 Å². The van der Waals surface area contributed by atoms with E-state index >= 15 is 0 Å². The number of hydrogen-bond acceptors (Lipinski definition) is 2. The lowest BCUT2D eigenvalue weighted by Crippen LogP contribution is -1.93. The van der Waals surface area contributed by atoms with Gasteiger partial charge in [-0.1, -0.05) is 23.7 Å². The van der Waals surface area contributed by atoms with E-state index in [1.807, 2.05) is 0 Å². The van der Waals surface area contributed by atoms with E-state index in [-0.39, 0.29) is 5.78 Å². The first-order chi connectivity index (χ1) is 6.65. The lowest BCUT2D eigenvalue weighted by atomic mass is 10.1. The van der Waals surface area contributed by atoms with Gasteiger partial charge < -0.3 is 0 Å². The minimum absolute atomic E-state index is 0.0867. The molecule has 0 saturated carbocycles. The number of carbonyl (C=O) groups excluding carboxylic acids is 2. The summed E-state index contributed by atoms with van der Waals surface area (Å²) in [5.74, 6) is -0.0867. The molecule has 1 rings (SSSR count). The molecule has 0 fully saturated rings. The number of aldehydes is 1. The lowest BCUT2D eigenvalue weighted by Gasteiger charge is -2.00. The average molecular weight is 209 g/mol. The van der Waals surface area contributed by atoms with Crippen LogP contribution in [0.25, 0.3) is 6.08 Å². The molecule has 0 unspecified atom stereocenters. The second kappa shape index (κ2) is 4.72. The summed E-state index contributed by atoms with van der Waals surface area (Å²) in [4.78, 5) is 21.2. The molecular formula is C11H9ClO2. The number of allylic oxidation sites excluding steroid dienone is 1. The first kappa shape index (κ1) is 10.7. The monoisotopic (exact) mass is 208 g/mol. The Hall–Kier alpha value is -1.41. The van der Waals surface area contributed by atoms with Crippen molar-refractivity contribution in [3.8, 4) is 0 Å². The fraction of sp³-hybridized carbons (Fsp3) is 0.0909. The summed E-state index contributed by atoms with van der Waals surface area (Å²) in [6.07, 6.45) is 3.67. The summed E-state index contributed by atoms with van der Waals surface area (Å²) in [5, 5.41) is 0.431. The summed E-state index contributed by atoms with van der Waals surface area (Å²) in [5.41, 5.74) is 1.26. The number of carbonyl (C=O) groups is 2. The molecule has 0 aliphatic carbocycles. The van der Waals surface area contributed by atoms with E-state index in [9.17, 15) is 9.59 Å². The smallest absolute Gasteiger partial charge is 0.161 e. The Kier molecular flexibility index (Phi) is 3.60. The van der Waals surface area contributed by atoms with Crippen LogP contribution < -0.4 is 0 Å². The molecule has 0 aromatic heterocycles. The summed E-state index contributed by atoms with van der Waals surface area (Å²) in [6, 6.07) is 5.04. The van der Waals surface area contributed by atoms with E-state index in [2.05, 4.69) is 0 Å². The number of rotatable bonds is 3. The Morgan fingerprint density at radius 1 is 1.43 bits per heavy atom. The van der Waals surface area contributed by atoms with Crippen LogP contribution >= 0.6 is 11.6 Å². The van der Waals surface area contributed by atoms with Crippen molar-refractivity contribution in [3.63, 3.8) is 0 Å². The van der Waals surface area contributed by atoms with Gasteiger partial charge in [-0.2, -0.15) is 0 Å². The minimum atomic E-state index is -0.0867. The lowest BCUT2D eigenvalue weighted by molar-refractivity contribution is -0.104. The van der Waals surface area contributed by atoms with E-state index in [1.54, 1.807) is 24.3 Å². The largest absolute Gasteiger partial charge is 0.299 e. The van der Waals surface area contributed by atoms with E-state index < -0.39 is 0 Å². The first-order valence-corrected chi connectivity index (χ1v) is 4.45. The maximum absolute atomic E-state index is 11.1. The standard InChI is InChI=1S/C11H9ClO2/c1-8(14)10-7-9(3-2-6-13)4-5-11(10)12/h2-7H,1H3. The van der Waals surface area contributed by atoms with Crippen molar-refractivity contribution >= 4 is 29.7 Å². The highest BCUT2D eigenvalue weighted by molar-refractivity contribution is 6.33. The van der Waals surface area contributed by atoms with Gasteiger partial charge in [-0.3, -0.25) is 9.59 Å². The summed E-state index contributed by atoms with van der Waals surface area (Å²) in [6.45, 7) is 1.45. The van der Waals surface area contributed by atoms with Crippen molar-refractivity contribution < 1.29 is 9.59 Å². The molecule has 0 bridgehead atoms. The van der Waals surface area contributed by atoms with Gasteiger partial charge in [0.05, 0.1) is 5.02 Å². The highest BCUT2D eigenvalue weighted by Crippen LogP contribution is 2.18. The minimum Gasteiger partial charge on any atom is -0.299 e. The highest BCUT2D eigenvalue weighted by Gasteiger charge is 2.04. The molecule has 1 aromatic carbocycles. The Morgan fingerprint density at radius 3 is 2.71 bits per heavy atom. The van der Waals surface area contributed by atoms with Crippen LogP contribution in [0.2, 0.25) is 5.02 Å². The number of benzene rings is 1. The van der Waals surface area contributed by atoms with Crippen molar-refractivity contribution in [2.75, 3.05) is 0 Å². The Morgan fingerprint density at radius 2 is 2.14 bits per heavy atom. The van der Waals surface area contributed by atoms with E-state index in [1.165, 1.54) is 13.0 Å². The molecule has 0 spiro atoms. The summed E-state index contributed by atoms with van der Waals surface area (Å²) in [7, 11) is 0. The highest BCUT2D eigenvalue weighted by atomic mass is 35.5. The number of hydrogen-bond donors (Lipinski definition) is 0. The Balaban J connectivity index is 3.12. The number of halogens is 1. The molecule has 0 atom stereocenters. The second-order valence-electron chi connectivity index (χ2n) is 2.79. The van der Waals surface area contributed by atoms with E-state index in [4.69, 9.17) is 11.6 Å². The molecule has 0 radical (unpaired) electrons. The van der Waals surface area contributed by atoms with Gasteiger partial charge in [-0.15, -0.1) is 0 Å². The van der Waals surface area contributed by atoms with E-state index in [0.29, 0.717) is 16.9 Å². The third-order valence-corrected chi connectivity index (χ3v) is 2.07. The number of ketones is 1. The summed E-state index contributed by atoms with van der Waals surface area (Å²) < 4.78 is 0. The molecule has 72 valence electrons. The van der Waals surface area contributed by atoms with Gasteiger partial charge in [0.15, 0.2) is 5.78 Å². The maximum Gasteiger partial charge on any atom is 0.161 e. The zero-order chi connectivity index (χ0) is 10.6. The quantitative estimate of drug-likeness (QED) is 0.435. The molecule has 0 aliphatic heterocycles. The van der Waals surface area contributed by atoms with E-state index in [0.717, 1.165) is 5.56 Å². The van der Waals surface area contributed by atoms with Crippen LogP contribution in [0.4, 0.5) is 0 Å². The van der Waals surface area contributed by atoms with Crippen LogP contribution in [0, 0.1) is 0 Å². The van der Waals surface area contributed by atoms with Crippen LogP contribution in [0.3, 0.4) is 0 Å². The third kappa shape index (κ3) is 2.54. The maximum atomic E-state index is 11.1. The van der Waals surface area contributed by atoms with Crippen molar-refractivity contribution in [2.45, 2.75) is 6.92 Å². The fourth-order valence-electron chi connectivity index (χ4n) is 1.07. The van der Waals surface area contributed by atoms with Gasteiger partial charge in [0.2, 0.25) is 0 Å². The first-order valence-electron chi connectivity index (χ1n) is 4.07. The SMILES string of the molecule is CC(=O)c1cc(C=CC=O)ccc1Cl. The third-order valence-electron chi connectivity index (χ3n) is 1.74. The molecule has 0 aliphatic rings. The van der Waals surface area contributed by atoms with Crippen LogP contribution in [0.15, 0.2) is 24.3 Å². The van der Waals surface area contributed by atoms with Crippen molar-refractivity contribution in [1.29, 1.82) is 0 Å². The van der Waals surface area contributed by atoms with Crippen LogP contribution in [0.5, 0.6) is 0 Å². The molecule has 0 heterocycles. The predicted octanol–water partition coefficient (Wildman–Crippen LogP) is 2.75. The fourth-order valence-corrected chi connectivity index (χ4v) is 1.32.